The van der Waals surface area contributed by atoms with Crippen LogP contribution in [-0.2, 0) is 4.74 Å². The van der Waals surface area contributed by atoms with Crippen LogP contribution in [0, 0.1) is 0 Å². The normalized spacial score (nSPS) is 18.2. The molecule has 1 atom stereocenters. The largest absolute Gasteiger partial charge is 0.493 e. The zero-order chi connectivity index (χ0) is 23.5. The van der Waals surface area contributed by atoms with E-state index in [1.165, 1.54) is 0 Å². The molecule has 1 unspecified atom stereocenters. The smallest absolute Gasteiger partial charge is 0.273 e. The Kier molecular flexibility index (Phi) is 6.51. The van der Waals surface area contributed by atoms with Crippen LogP contribution < -0.4 is 9.47 Å². The minimum absolute atomic E-state index is 0.0218. The second-order valence-corrected chi connectivity index (χ2v) is 8.55. The highest BCUT2D eigenvalue weighted by Crippen LogP contribution is 2.44. The Balaban J connectivity index is 1.50. The number of aromatic nitrogens is 2. The van der Waals surface area contributed by atoms with E-state index in [-0.39, 0.29) is 11.9 Å². The first-order valence-electron chi connectivity index (χ1n) is 11.7. The van der Waals surface area contributed by atoms with Crippen molar-refractivity contribution < 1.29 is 19.0 Å². The second-order valence-electron chi connectivity index (χ2n) is 8.55. The van der Waals surface area contributed by atoms with Gasteiger partial charge in [0, 0.05) is 37.3 Å². The van der Waals surface area contributed by atoms with Gasteiger partial charge in [-0.15, -0.1) is 0 Å². The maximum absolute atomic E-state index is 13.5. The van der Waals surface area contributed by atoms with Crippen LogP contribution in [0.4, 0.5) is 0 Å². The standard InChI is InChI=1S/C26H30N4O4/c1-32-20-10-9-19(17-21(20)33-2)25-22-23(18-7-4-3-5-8-18)27-28-24(22)26(31)30(25)12-6-11-29-13-15-34-16-14-29/h3-5,7-10,17,25H,6,11-16H2,1-2H3,(H,27,28). The highest BCUT2D eigenvalue weighted by Gasteiger charge is 2.42. The van der Waals surface area contributed by atoms with Crippen molar-refractivity contribution in [2.24, 2.45) is 0 Å². The van der Waals surface area contributed by atoms with Gasteiger partial charge in [0.25, 0.3) is 5.91 Å². The summed E-state index contributed by atoms with van der Waals surface area (Å²) in [7, 11) is 3.25. The first-order valence-corrected chi connectivity index (χ1v) is 11.7. The third-order valence-corrected chi connectivity index (χ3v) is 6.61. The third-order valence-electron chi connectivity index (χ3n) is 6.61. The van der Waals surface area contributed by atoms with E-state index >= 15 is 0 Å². The zero-order valence-corrected chi connectivity index (χ0v) is 19.6. The number of ether oxygens (including phenoxy) is 3. The second kappa shape index (κ2) is 9.87. The zero-order valence-electron chi connectivity index (χ0n) is 19.6. The number of morpholine rings is 1. The van der Waals surface area contributed by atoms with Gasteiger partial charge in [0.15, 0.2) is 11.5 Å². The Hall–Kier alpha value is -3.36. The molecule has 2 aromatic carbocycles. The SMILES string of the molecule is COc1ccc(C2c3c(-c4ccccc4)n[nH]c3C(=O)N2CCCN2CCOCC2)cc1OC. The molecule has 0 aliphatic carbocycles. The van der Waals surface area contributed by atoms with Crippen LogP contribution in [0.1, 0.15) is 34.1 Å². The van der Waals surface area contributed by atoms with Gasteiger partial charge in [-0.25, -0.2) is 0 Å². The van der Waals surface area contributed by atoms with Gasteiger partial charge in [-0.1, -0.05) is 36.4 Å². The summed E-state index contributed by atoms with van der Waals surface area (Å²) in [6.45, 7) is 5.00. The number of carbonyl (C=O) groups excluding carboxylic acids is 1. The molecule has 0 saturated carbocycles. The number of amides is 1. The Bertz CT molecular complexity index is 1140. The Labute approximate surface area is 199 Å². The molecule has 1 aromatic heterocycles. The fourth-order valence-electron chi connectivity index (χ4n) is 4.90. The molecule has 1 saturated heterocycles. The maximum atomic E-state index is 13.5. The molecule has 1 N–H and O–H groups in total. The molecular weight excluding hydrogens is 432 g/mol. The molecule has 1 fully saturated rings. The summed E-state index contributed by atoms with van der Waals surface area (Å²) >= 11 is 0. The van der Waals surface area contributed by atoms with Gasteiger partial charge < -0.3 is 19.1 Å². The van der Waals surface area contributed by atoms with E-state index in [1.807, 2.05) is 53.4 Å². The lowest BCUT2D eigenvalue weighted by Gasteiger charge is -2.30. The number of hydrogen-bond acceptors (Lipinski definition) is 6. The lowest BCUT2D eigenvalue weighted by atomic mass is 9.95. The summed E-state index contributed by atoms with van der Waals surface area (Å²) in [6.07, 6.45) is 0.883. The van der Waals surface area contributed by atoms with Gasteiger partial charge in [-0.2, -0.15) is 5.10 Å². The number of H-pyrrole nitrogens is 1. The molecule has 0 bridgehead atoms. The fourth-order valence-corrected chi connectivity index (χ4v) is 4.90. The van der Waals surface area contributed by atoms with Crippen molar-refractivity contribution >= 4 is 5.91 Å². The summed E-state index contributed by atoms with van der Waals surface area (Å²) in [6, 6.07) is 15.6. The summed E-state index contributed by atoms with van der Waals surface area (Å²) in [4.78, 5) is 17.9. The maximum Gasteiger partial charge on any atom is 0.273 e. The van der Waals surface area contributed by atoms with Crippen molar-refractivity contribution in [3.8, 4) is 22.8 Å². The van der Waals surface area contributed by atoms with Crippen LogP contribution in [0.25, 0.3) is 11.3 Å². The van der Waals surface area contributed by atoms with Crippen LogP contribution in [0.3, 0.4) is 0 Å². The molecule has 3 heterocycles. The number of rotatable bonds is 8. The molecule has 34 heavy (non-hydrogen) atoms. The number of nitrogens with zero attached hydrogens (tertiary/aromatic N) is 3. The lowest BCUT2D eigenvalue weighted by Crippen LogP contribution is -2.38. The van der Waals surface area contributed by atoms with E-state index in [9.17, 15) is 4.79 Å². The number of fused-ring (bicyclic) bond motifs is 1. The molecule has 3 aromatic rings. The van der Waals surface area contributed by atoms with Crippen molar-refractivity contribution in [3.63, 3.8) is 0 Å². The molecule has 8 heteroatoms. The van der Waals surface area contributed by atoms with Crippen LogP contribution in [0.2, 0.25) is 0 Å². The topological polar surface area (TPSA) is 79.9 Å². The molecular formula is C26H30N4O4. The average molecular weight is 463 g/mol. The van der Waals surface area contributed by atoms with Crippen LogP contribution in [-0.4, -0.2) is 79.5 Å². The van der Waals surface area contributed by atoms with E-state index in [4.69, 9.17) is 14.2 Å². The average Bonchev–Trinajstić information content (AvgIpc) is 3.44. The Morgan fingerprint density at radius 3 is 2.53 bits per heavy atom. The summed E-state index contributed by atoms with van der Waals surface area (Å²) < 4.78 is 16.5. The van der Waals surface area contributed by atoms with E-state index in [2.05, 4.69) is 15.1 Å². The van der Waals surface area contributed by atoms with Crippen LogP contribution in [0.15, 0.2) is 48.5 Å². The van der Waals surface area contributed by atoms with E-state index in [0.29, 0.717) is 23.7 Å². The Morgan fingerprint density at radius 1 is 1.03 bits per heavy atom. The number of hydrogen-bond donors (Lipinski definition) is 1. The summed E-state index contributed by atoms with van der Waals surface area (Å²) in [5.74, 6) is 1.27. The van der Waals surface area contributed by atoms with Gasteiger partial charge in [0.2, 0.25) is 0 Å². The van der Waals surface area contributed by atoms with Crippen molar-refractivity contribution in [1.82, 2.24) is 20.0 Å². The first kappa shape index (κ1) is 22.4. The first-order chi connectivity index (χ1) is 16.7. The predicted octanol–water partition coefficient (Wildman–Crippen LogP) is 3.36. The monoisotopic (exact) mass is 462 g/mol. The van der Waals surface area contributed by atoms with Crippen molar-refractivity contribution in [2.75, 3.05) is 53.6 Å². The highest BCUT2D eigenvalue weighted by molar-refractivity contribution is 6.00. The fraction of sp³-hybridized carbons (Fsp3) is 0.385. The van der Waals surface area contributed by atoms with E-state index in [0.717, 1.165) is 61.7 Å². The molecule has 0 radical (unpaired) electrons. The molecule has 2 aliphatic rings. The van der Waals surface area contributed by atoms with Crippen molar-refractivity contribution in [2.45, 2.75) is 12.5 Å². The van der Waals surface area contributed by atoms with Gasteiger partial charge in [0.05, 0.1) is 39.2 Å². The molecule has 0 spiro atoms. The molecule has 5 rings (SSSR count). The third kappa shape index (κ3) is 4.15. The Morgan fingerprint density at radius 2 is 1.79 bits per heavy atom. The number of methoxy groups -OCH3 is 2. The minimum atomic E-state index is -0.263. The number of benzene rings is 2. The van der Waals surface area contributed by atoms with Gasteiger partial charge >= 0.3 is 0 Å². The van der Waals surface area contributed by atoms with E-state index in [1.54, 1.807) is 14.2 Å². The van der Waals surface area contributed by atoms with Crippen molar-refractivity contribution in [1.29, 1.82) is 0 Å². The van der Waals surface area contributed by atoms with Gasteiger partial charge in [0.1, 0.15) is 5.69 Å². The van der Waals surface area contributed by atoms with Crippen LogP contribution >= 0.6 is 0 Å². The quantitative estimate of drug-likeness (QED) is 0.553. The highest BCUT2D eigenvalue weighted by atomic mass is 16.5. The summed E-state index contributed by atoms with van der Waals surface area (Å²) in [5.41, 5.74) is 4.22. The summed E-state index contributed by atoms with van der Waals surface area (Å²) in [5, 5.41) is 7.58. The van der Waals surface area contributed by atoms with Gasteiger partial charge in [-0.3, -0.25) is 14.8 Å². The number of aromatic amines is 1. The molecule has 8 nitrogen and oxygen atoms in total. The van der Waals surface area contributed by atoms with E-state index < -0.39 is 0 Å². The molecule has 1 amide bonds. The molecule has 178 valence electrons. The minimum Gasteiger partial charge on any atom is -0.493 e. The van der Waals surface area contributed by atoms with Gasteiger partial charge in [-0.05, 0) is 24.1 Å². The predicted molar refractivity (Wildman–Crippen MR) is 128 cm³/mol. The number of nitrogens with one attached hydrogen (secondary N) is 1. The number of carbonyl (C=O) groups is 1. The lowest BCUT2D eigenvalue weighted by molar-refractivity contribution is 0.0354. The van der Waals surface area contributed by atoms with Crippen molar-refractivity contribution in [3.05, 3.63) is 65.4 Å². The molecule has 2 aliphatic heterocycles. The van der Waals surface area contributed by atoms with Crippen LogP contribution in [0.5, 0.6) is 11.5 Å².